The Hall–Kier alpha value is -4.49. The Balaban J connectivity index is 1.22. The number of nitrogens with zero attached hydrogens (tertiary/aromatic N) is 5. The van der Waals surface area contributed by atoms with E-state index in [1.54, 1.807) is 27.0 Å². The van der Waals surface area contributed by atoms with E-state index in [1.807, 2.05) is 25.3 Å². The summed E-state index contributed by atoms with van der Waals surface area (Å²) in [6.07, 6.45) is 2.33. The van der Waals surface area contributed by atoms with E-state index in [2.05, 4.69) is 58.3 Å². The molecule has 3 saturated heterocycles. The van der Waals surface area contributed by atoms with E-state index in [-0.39, 0.29) is 24.2 Å². The van der Waals surface area contributed by atoms with Gasteiger partial charge in [-0.15, -0.1) is 11.3 Å². The van der Waals surface area contributed by atoms with Crippen LogP contribution in [0.25, 0.3) is 33.4 Å². The number of esters is 1. The smallest absolute Gasteiger partial charge is 0.408 e. The van der Waals surface area contributed by atoms with Crippen LogP contribution in [0.5, 0.6) is 0 Å². The predicted molar refractivity (Wildman–Crippen MR) is 241 cm³/mol. The first-order valence-corrected chi connectivity index (χ1v) is 23.2. The summed E-state index contributed by atoms with van der Waals surface area (Å²) in [5.41, 5.74) is 8.32. The van der Waals surface area contributed by atoms with Crippen LogP contribution in [-0.4, -0.2) is 131 Å². The van der Waals surface area contributed by atoms with Crippen molar-refractivity contribution in [3.8, 4) is 22.5 Å². The molecule has 4 aliphatic heterocycles. The highest BCUT2D eigenvalue weighted by molar-refractivity contribution is 7.10. The van der Waals surface area contributed by atoms with Crippen molar-refractivity contribution in [2.45, 2.75) is 110 Å². The number of likely N-dealkylation sites (tertiary alicyclic amines) is 1. The number of ether oxygens (including phenoxy) is 5. The van der Waals surface area contributed by atoms with E-state index in [0.29, 0.717) is 76.9 Å². The van der Waals surface area contributed by atoms with Crippen LogP contribution in [0.15, 0.2) is 41.9 Å². The molecule has 0 radical (unpaired) electrons. The highest BCUT2D eigenvalue weighted by atomic mass is 32.1. The lowest BCUT2D eigenvalue weighted by atomic mass is 9.76. The molecule has 4 aromatic rings. The minimum atomic E-state index is -1.13. The second kappa shape index (κ2) is 18.4. The number of hydrazine groups is 1. The number of aliphatic hydroxyl groups is 1. The molecule has 7 heterocycles. The fourth-order valence-corrected chi connectivity index (χ4v) is 10.3. The highest BCUT2D eigenvalue weighted by Gasteiger charge is 2.54. The third-order valence-corrected chi connectivity index (χ3v) is 13.5. The SMILES string of the molecule is COC(=O)[C@@H]1CCCN(C(=O)[C@@H](NC(=O)OC(C)(C)C)[C@@H](c2nc(-c3ccc4c(c3)c(CC(C)(C)CO)c3n4CCO[C@@H](C)CO[C@@H](C)c4ncccc4-3)cs2)N2CC3(COC3)C2)N1. The van der Waals surface area contributed by atoms with Crippen LogP contribution in [0.1, 0.15) is 89.7 Å². The Morgan fingerprint density at radius 1 is 1.09 bits per heavy atom. The Bertz CT molecular complexity index is 2350. The summed E-state index contributed by atoms with van der Waals surface area (Å²) in [4.78, 5) is 53.4. The summed E-state index contributed by atoms with van der Waals surface area (Å²) in [5, 5.41) is 18.7. The number of carbonyl (C=O) groups is 3. The maximum Gasteiger partial charge on any atom is 0.408 e. The molecule has 16 nitrogen and oxygen atoms in total. The molecule has 4 aliphatic rings. The molecule has 2 amide bonds. The molecule has 64 heavy (non-hydrogen) atoms. The van der Waals surface area contributed by atoms with Gasteiger partial charge in [-0.1, -0.05) is 19.9 Å². The van der Waals surface area contributed by atoms with Gasteiger partial charge in [0, 0.05) is 71.8 Å². The van der Waals surface area contributed by atoms with Gasteiger partial charge in [-0.05, 0) is 89.1 Å². The second-order valence-electron chi connectivity index (χ2n) is 19.7. The van der Waals surface area contributed by atoms with Gasteiger partial charge >= 0.3 is 12.1 Å². The Labute approximate surface area is 378 Å². The number of nitrogens with one attached hydrogen (secondary N) is 2. The molecule has 5 atom stereocenters. The van der Waals surface area contributed by atoms with Gasteiger partial charge in [-0.25, -0.2) is 15.2 Å². The zero-order valence-corrected chi connectivity index (χ0v) is 39.1. The molecule has 17 heteroatoms. The third-order valence-electron chi connectivity index (χ3n) is 12.6. The Morgan fingerprint density at radius 3 is 2.58 bits per heavy atom. The van der Waals surface area contributed by atoms with Gasteiger partial charge in [0.1, 0.15) is 22.7 Å². The minimum Gasteiger partial charge on any atom is -0.468 e. The zero-order chi connectivity index (χ0) is 45.6. The molecule has 346 valence electrons. The summed E-state index contributed by atoms with van der Waals surface area (Å²) >= 11 is 1.43. The lowest BCUT2D eigenvalue weighted by molar-refractivity contribution is -0.202. The number of hydrogen-bond acceptors (Lipinski definition) is 14. The quantitative estimate of drug-likeness (QED) is 0.162. The number of aliphatic hydroxyl groups excluding tert-OH is 1. The lowest BCUT2D eigenvalue weighted by Gasteiger charge is -2.57. The number of aromatic nitrogens is 3. The van der Waals surface area contributed by atoms with Crippen LogP contribution in [0, 0.1) is 10.8 Å². The molecule has 3 fully saturated rings. The van der Waals surface area contributed by atoms with Crippen molar-refractivity contribution < 1.29 is 43.2 Å². The maximum absolute atomic E-state index is 14.8. The van der Waals surface area contributed by atoms with E-state index in [0.717, 1.165) is 44.7 Å². The molecule has 0 saturated carbocycles. The van der Waals surface area contributed by atoms with E-state index < -0.39 is 47.1 Å². The van der Waals surface area contributed by atoms with Gasteiger partial charge in [0.2, 0.25) is 0 Å². The van der Waals surface area contributed by atoms with E-state index >= 15 is 0 Å². The van der Waals surface area contributed by atoms with E-state index in [4.69, 9.17) is 33.7 Å². The normalized spacial score (nSPS) is 22.6. The third kappa shape index (κ3) is 9.57. The Kier molecular flexibility index (Phi) is 13.3. The number of benzene rings is 1. The number of thiazole rings is 1. The van der Waals surface area contributed by atoms with Crippen LogP contribution >= 0.6 is 11.3 Å². The van der Waals surface area contributed by atoms with E-state index in [9.17, 15) is 19.5 Å². The average molecular weight is 902 g/mol. The van der Waals surface area contributed by atoms with Crippen LogP contribution < -0.4 is 10.7 Å². The molecule has 3 N–H and O–H groups in total. The lowest BCUT2D eigenvalue weighted by Crippen LogP contribution is -2.70. The second-order valence-corrected chi connectivity index (χ2v) is 20.6. The van der Waals surface area contributed by atoms with Gasteiger partial charge in [-0.3, -0.25) is 24.5 Å². The van der Waals surface area contributed by atoms with Crippen LogP contribution in [0.3, 0.4) is 0 Å². The van der Waals surface area contributed by atoms with E-state index in [1.165, 1.54) is 23.5 Å². The first-order valence-electron chi connectivity index (χ1n) is 22.4. The van der Waals surface area contributed by atoms with Crippen LogP contribution in [0.4, 0.5) is 4.79 Å². The monoisotopic (exact) mass is 901 g/mol. The molecule has 3 aromatic heterocycles. The van der Waals surface area contributed by atoms with Crippen molar-refractivity contribution in [1.82, 2.24) is 35.2 Å². The minimum absolute atomic E-state index is 0.00685. The summed E-state index contributed by atoms with van der Waals surface area (Å²) in [6, 6.07) is 7.94. The van der Waals surface area contributed by atoms with Gasteiger partial charge in [0.15, 0.2) is 0 Å². The average Bonchev–Trinajstić information content (AvgIpc) is 3.83. The summed E-state index contributed by atoms with van der Waals surface area (Å²) in [6.45, 7) is 17.9. The van der Waals surface area contributed by atoms with Crippen molar-refractivity contribution in [3.63, 3.8) is 0 Å². The number of pyridine rings is 1. The number of hydrogen-bond donors (Lipinski definition) is 3. The first kappa shape index (κ1) is 46.1. The number of rotatable bonds is 10. The molecule has 0 bridgehead atoms. The largest absolute Gasteiger partial charge is 0.468 e. The van der Waals surface area contributed by atoms with Crippen LogP contribution in [0.2, 0.25) is 0 Å². The zero-order valence-electron chi connectivity index (χ0n) is 38.3. The van der Waals surface area contributed by atoms with Crippen molar-refractivity contribution >= 4 is 40.2 Å². The van der Waals surface area contributed by atoms with Crippen molar-refractivity contribution in [3.05, 3.63) is 58.2 Å². The van der Waals surface area contributed by atoms with Gasteiger partial charge in [0.05, 0.1) is 68.9 Å². The maximum atomic E-state index is 14.8. The molecule has 1 aromatic carbocycles. The fraction of sp³-hybridized carbons (Fsp3) is 0.596. The summed E-state index contributed by atoms with van der Waals surface area (Å²) in [7, 11) is 1.32. The number of amides is 2. The molecule has 0 unspecified atom stereocenters. The number of alkyl carbamates (subject to hydrolysis) is 1. The van der Waals surface area contributed by atoms with Gasteiger partial charge in [-0.2, -0.15) is 0 Å². The highest BCUT2D eigenvalue weighted by Crippen LogP contribution is 2.46. The van der Waals surface area contributed by atoms with Crippen molar-refractivity contribution in [1.29, 1.82) is 0 Å². The number of methoxy groups -OCH3 is 1. The molecule has 8 rings (SSSR count). The number of carbonyl (C=O) groups excluding carboxylic acids is 3. The molecule has 0 aliphatic carbocycles. The van der Waals surface area contributed by atoms with Crippen molar-refractivity contribution in [2.75, 3.05) is 59.8 Å². The summed E-state index contributed by atoms with van der Waals surface area (Å²) in [5.74, 6) is -0.875. The summed E-state index contributed by atoms with van der Waals surface area (Å²) < 4.78 is 31.3. The number of fused-ring (bicyclic) bond motifs is 5. The first-order chi connectivity index (χ1) is 30.5. The van der Waals surface area contributed by atoms with Crippen LogP contribution in [-0.2, 0) is 46.2 Å². The van der Waals surface area contributed by atoms with Gasteiger partial charge < -0.3 is 38.7 Å². The standard InChI is InChI=1S/C47H63N7O9S/c1-28-21-62-29(2)37-31(11-9-15-48-37)39-33(20-46(6,7)25-55)32-19-30(13-14-36(32)53(39)17-18-61-28)35-22-64-41(49-35)40(52-23-47(24-52)26-60-27-47)38(50-44(58)63-45(3,4)5)42(56)54-16-10-12-34(51-54)43(57)59-8/h9,11,13-15,19,22,28-29,34,38,40,51,55H,10,12,16-18,20-21,23-27H2,1-8H3,(H,50,58)/t28-,29-,34-,38-,40-/m0/s1. The molecular weight excluding hydrogens is 839 g/mol. The van der Waals surface area contributed by atoms with Gasteiger partial charge in [0.25, 0.3) is 5.91 Å². The predicted octanol–water partition coefficient (Wildman–Crippen LogP) is 5.82. The van der Waals surface area contributed by atoms with Crippen molar-refractivity contribution in [2.24, 2.45) is 10.8 Å². The topological polar surface area (TPSA) is 179 Å². The Morgan fingerprint density at radius 2 is 1.88 bits per heavy atom. The molecular formula is C47H63N7O9S. The fourth-order valence-electron chi connectivity index (χ4n) is 9.32. The molecule has 1 spiro atoms.